The van der Waals surface area contributed by atoms with Gasteiger partial charge in [0.25, 0.3) is 0 Å². The first kappa shape index (κ1) is 17.0. The van der Waals surface area contributed by atoms with Crippen LogP contribution in [0.15, 0.2) is 59.9 Å². The number of allylic oxidation sites excluding steroid dienone is 2. The summed E-state index contributed by atoms with van der Waals surface area (Å²) in [5, 5.41) is 0. The molecule has 1 heterocycles. The molecule has 0 saturated carbocycles. The Bertz CT molecular complexity index is 798. The van der Waals surface area contributed by atoms with Gasteiger partial charge in [-0.05, 0) is 49.1 Å². The normalized spacial score (nSPS) is 18.3. The highest BCUT2D eigenvalue weighted by Crippen LogP contribution is 2.28. The summed E-state index contributed by atoms with van der Waals surface area (Å²) in [5.41, 5.74) is 13.1. The van der Waals surface area contributed by atoms with Gasteiger partial charge in [0.15, 0.2) is 0 Å². The summed E-state index contributed by atoms with van der Waals surface area (Å²) < 4.78 is 33.6. The Kier molecular flexibility index (Phi) is 4.97. The smallest absolute Gasteiger partial charge is 0.213 e. The second kappa shape index (κ2) is 7.34. The minimum atomic E-state index is -0.704. The van der Waals surface area contributed by atoms with Crippen molar-refractivity contribution in [3.63, 3.8) is 0 Å². The van der Waals surface area contributed by atoms with E-state index < -0.39 is 11.6 Å². The number of pyridine rings is 1. The van der Waals surface area contributed by atoms with Crippen LogP contribution in [0.25, 0.3) is 5.70 Å². The third-order valence-electron chi connectivity index (χ3n) is 4.11. The fourth-order valence-corrected chi connectivity index (χ4v) is 2.86. The molecule has 1 aromatic heterocycles. The topological polar surface area (TPSA) is 74.2 Å². The van der Waals surface area contributed by atoms with Crippen molar-refractivity contribution in [2.45, 2.75) is 25.4 Å². The molecule has 4 N–H and O–H groups in total. The van der Waals surface area contributed by atoms with Gasteiger partial charge in [0, 0.05) is 18.0 Å². The Hall–Kier alpha value is -2.89. The molecule has 4 nitrogen and oxygen atoms in total. The largest absolute Gasteiger partial charge is 0.468 e. The Labute approximate surface area is 144 Å². The number of benzene rings is 1. The minimum Gasteiger partial charge on any atom is -0.468 e. The number of aromatic nitrogens is 1. The molecule has 1 aromatic carbocycles. The van der Waals surface area contributed by atoms with Gasteiger partial charge in [-0.3, -0.25) is 0 Å². The number of hydrogen-bond acceptors (Lipinski definition) is 4. The molecule has 130 valence electrons. The van der Waals surface area contributed by atoms with Gasteiger partial charge >= 0.3 is 0 Å². The summed E-state index contributed by atoms with van der Waals surface area (Å²) in [6.07, 6.45) is 5.08. The van der Waals surface area contributed by atoms with Crippen LogP contribution in [-0.4, -0.2) is 11.1 Å². The predicted molar refractivity (Wildman–Crippen MR) is 92.2 cm³/mol. The zero-order valence-corrected chi connectivity index (χ0v) is 13.6. The van der Waals surface area contributed by atoms with Gasteiger partial charge in [0.2, 0.25) is 5.88 Å². The highest BCUT2D eigenvalue weighted by molar-refractivity contribution is 5.66. The van der Waals surface area contributed by atoms with Crippen molar-refractivity contribution in [1.29, 1.82) is 0 Å². The molecular formula is C19H19F2N3O. The van der Waals surface area contributed by atoms with E-state index in [0.717, 1.165) is 18.4 Å². The SMILES string of the molecule is NC1=C(/C=C(\N)c2c(F)cccc2F)CCCC1Oc1ccccn1. The van der Waals surface area contributed by atoms with Crippen LogP contribution in [0.3, 0.4) is 0 Å². The lowest BCUT2D eigenvalue weighted by Crippen LogP contribution is -2.29. The maximum Gasteiger partial charge on any atom is 0.213 e. The number of nitrogens with two attached hydrogens (primary N) is 2. The Morgan fingerprint density at radius 2 is 1.92 bits per heavy atom. The van der Waals surface area contributed by atoms with Crippen molar-refractivity contribution < 1.29 is 13.5 Å². The van der Waals surface area contributed by atoms with Crippen LogP contribution in [0.1, 0.15) is 24.8 Å². The van der Waals surface area contributed by atoms with E-state index in [2.05, 4.69) is 4.98 Å². The molecule has 6 heteroatoms. The molecule has 1 unspecified atom stereocenters. The number of nitrogens with zero attached hydrogens (tertiary/aromatic N) is 1. The van der Waals surface area contributed by atoms with Crippen LogP contribution in [0.2, 0.25) is 0 Å². The van der Waals surface area contributed by atoms with E-state index in [1.54, 1.807) is 18.3 Å². The molecule has 2 aromatic rings. The van der Waals surface area contributed by atoms with Crippen molar-refractivity contribution in [2.75, 3.05) is 0 Å². The van der Waals surface area contributed by atoms with E-state index in [9.17, 15) is 8.78 Å². The third kappa shape index (κ3) is 3.79. The molecule has 0 amide bonds. The first-order chi connectivity index (χ1) is 12.1. The molecule has 0 radical (unpaired) electrons. The standard InChI is InChI=1S/C19H19F2N3O/c20-13-6-4-7-14(21)18(13)15(22)11-12-5-3-8-16(19(12)23)25-17-9-1-2-10-24-17/h1-2,4,6-7,9-11,16H,3,5,8,22-23H2/b15-11-. The Morgan fingerprint density at radius 1 is 1.16 bits per heavy atom. The van der Waals surface area contributed by atoms with Gasteiger partial charge in [0.05, 0.1) is 11.3 Å². The van der Waals surface area contributed by atoms with E-state index in [-0.39, 0.29) is 17.4 Å². The van der Waals surface area contributed by atoms with E-state index in [1.807, 2.05) is 6.07 Å². The number of hydrogen-bond donors (Lipinski definition) is 2. The molecule has 1 atom stereocenters. The monoisotopic (exact) mass is 343 g/mol. The number of rotatable bonds is 4. The zero-order chi connectivity index (χ0) is 17.8. The van der Waals surface area contributed by atoms with Crippen LogP contribution >= 0.6 is 0 Å². The summed E-state index contributed by atoms with van der Waals surface area (Å²) in [6, 6.07) is 9.01. The average molecular weight is 343 g/mol. The lowest BCUT2D eigenvalue weighted by atomic mass is 9.92. The molecule has 25 heavy (non-hydrogen) atoms. The summed E-state index contributed by atoms with van der Waals surface area (Å²) in [4.78, 5) is 4.12. The molecule has 0 fully saturated rings. The third-order valence-corrected chi connectivity index (χ3v) is 4.11. The van der Waals surface area contributed by atoms with Crippen molar-refractivity contribution in [2.24, 2.45) is 11.5 Å². The van der Waals surface area contributed by atoms with Crippen LogP contribution < -0.4 is 16.2 Å². The van der Waals surface area contributed by atoms with Crippen molar-refractivity contribution >= 4 is 5.70 Å². The first-order valence-electron chi connectivity index (χ1n) is 8.04. The first-order valence-corrected chi connectivity index (χ1v) is 8.04. The molecule has 1 aliphatic rings. The average Bonchev–Trinajstić information content (AvgIpc) is 2.59. The quantitative estimate of drug-likeness (QED) is 0.891. The van der Waals surface area contributed by atoms with Gasteiger partial charge < -0.3 is 16.2 Å². The van der Waals surface area contributed by atoms with Crippen LogP contribution in [0, 0.1) is 11.6 Å². The zero-order valence-electron chi connectivity index (χ0n) is 13.6. The Morgan fingerprint density at radius 3 is 2.60 bits per heavy atom. The van der Waals surface area contributed by atoms with E-state index in [1.165, 1.54) is 24.3 Å². The van der Waals surface area contributed by atoms with E-state index >= 15 is 0 Å². The molecule has 0 aliphatic heterocycles. The number of halogens is 2. The second-order valence-corrected chi connectivity index (χ2v) is 5.84. The second-order valence-electron chi connectivity index (χ2n) is 5.84. The highest BCUT2D eigenvalue weighted by Gasteiger charge is 2.23. The van der Waals surface area contributed by atoms with Crippen LogP contribution in [0.4, 0.5) is 8.78 Å². The summed E-state index contributed by atoms with van der Waals surface area (Å²) >= 11 is 0. The van der Waals surface area contributed by atoms with Crippen LogP contribution in [0.5, 0.6) is 5.88 Å². The van der Waals surface area contributed by atoms with Crippen molar-refractivity contribution in [3.8, 4) is 5.88 Å². The predicted octanol–water partition coefficient (Wildman–Crippen LogP) is 3.50. The van der Waals surface area contributed by atoms with E-state index in [0.29, 0.717) is 18.0 Å². The lowest BCUT2D eigenvalue weighted by molar-refractivity contribution is 0.205. The molecule has 0 saturated heterocycles. The van der Waals surface area contributed by atoms with Gasteiger partial charge in [-0.1, -0.05) is 12.1 Å². The Balaban J connectivity index is 1.88. The van der Waals surface area contributed by atoms with Crippen molar-refractivity contribution in [3.05, 3.63) is 77.1 Å². The maximum absolute atomic E-state index is 13.9. The van der Waals surface area contributed by atoms with Crippen LogP contribution in [-0.2, 0) is 0 Å². The van der Waals surface area contributed by atoms with E-state index in [4.69, 9.17) is 16.2 Å². The lowest BCUT2D eigenvalue weighted by Gasteiger charge is -2.25. The highest BCUT2D eigenvalue weighted by atomic mass is 19.1. The number of ether oxygens (including phenoxy) is 1. The summed E-state index contributed by atoms with van der Waals surface area (Å²) in [6.45, 7) is 0. The summed E-state index contributed by atoms with van der Waals surface area (Å²) in [7, 11) is 0. The summed E-state index contributed by atoms with van der Waals surface area (Å²) in [5.74, 6) is -0.927. The molecule has 0 bridgehead atoms. The maximum atomic E-state index is 13.9. The van der Waals surface area contributed by atoms with Gasteiger partial charge in [-0.15, -0.1) is 0 Å². The fourth-order valence-electron chi connectivity index (χ4n) is 2.86. The molecule has 3 rings (SSSR count). The minimum absolute atomic E-state index is 0.00651. The molecular weight excluding hydrogens is 324 g/mol. The molecule has 0 spiro atoms. The molecule has 1 aliphatic carbocycles. The van der Waals surface area contributed by atoms with Gasteiger partial charge in [-0.2, -0.15) is 0 Å². The van der Waals surface area contributed by atoms with Gasteiger partial charge in [0.1, 0.15) is 17.7 Å². The van der Waals surface area contributed by atoms with Crippen molar-refractivity contribution in [1.82, 2.24) is 4.98 Å². The fraction of sp³-hybridized carbons (Fsp3) is 0.211. The van der Waals surface area contributed by atoms with Gasteiger partial charge in [-0.25, -0.2) is 13.8 Å².